The number of anilines is 1. The maximum absolute atomic E-state index is 13.0. The number of nitrogens with one attached hydrogen (secondary N) is 1. The minimum Gasteiger partial charge on any atom is -0.319 e. The van der Waals surface area contributed by atoms with Gasteiger partial charge in [-0.05, 0) is 38.8 Å². The zero-order valence-corrected chi connectivity index (χ0v) is 18.2. The lowest BCUT2D eigenvalue weighted by Crippen LogP contribution is -2.35. The molecule has 10 heteroatoms. The fourth-order valence-electron chi connectivity index (χ4n) is 3.28. The van der Waals surface area contributed by atoms with E-state index in [9.17, 15) is 13.2 Å². The third kappa shape index (κ3) is 3.91. The van der Waals surface area contributed by atoms with Crippen LogP contribution >= 0.6 is 23.2 Å². The first-order valence-corrected chi connectivity index (χ1v) is 11.1. The normalized spacial score (nSPS) is 15.6. The number of carbonyl (C=O) groups excluding carboxylic acids is 1. The van der Waals surface area contributed by atoms with Crippen LogP contribution in [0.4, 0.5) is 5.69 Å². The van der Waals surface area contributed by atoms with Crippen LogP contribution in [0.5, 0.6) is 0 Å². The van der Waals surface area contributed by atoms with Crippen LogP contribution in [-0.2, 0) is 17.1 Å². The lowest BCUT2D eigenvalue weighted by molar-refractivity contribution is 0.102. The van der Waals surface area contributed by atoms with Crippen molar-refractivity contribution in [2.24, 2.45) is 7.05 Å². The van der Waals surface area contributed by atoms with Gasteiger partial charge in [-0.15, -0.1) is 0 Å². The molecule has 1 aromatic carbocycles. The van der Waals surface area contributed by atoms with E-state index in [2.05, 4.69) is 10.4 Å². The van der Waals surface area contributed by atoms with Crippen molar-refractivity contribution in [1.82, 2.24) is 14.1 Å². The van der Waals surface area contributed by atoms with E-state index in [1.165, 1.54) is 16.4 Å². The largest absolute Gasteiger partial charge is 0.319 e. The summed E-state index contributed by atoms with van der Waals surface area (Å²) in [4.78, 5) is 12.7. The number of carbonyl (C=O) groups is 1. The van der Waals surface area contributed by atoms with Gasteiger partial charge in [0.05, 0.1) is 32.7 Å². The lowest BCUT2D eigenvalue weighted by atomic mass is 10.2. The Morgan fingerprint density at radius 2 is 1.75 bits per heavy atom. The highest BCUT2D eigenvalue weighted by atomic mass is 35.5. The molecule has 0 unspecified atom stereocenters. The number of hydrogen-bond donors (Lipinski definition) is 1. The SMILES string of the molecule is Cc1nn(C)c(C)c1NC(=O)c1cc(S(=O)(=O)N2CCCCC2)c(Cl)cc1Cl. The van der Waals surface area contributed by atoms with Gasteiger partial charge in [-0.25, -0.2) is 8.42 Å². The molecule has 1 aliphatic rings. The molecule has 0 spiro atoms. The highest BCUT2D eigenvalue weighted by Crippen LogP contribution is 2.32. The quantitative estimate of drug-likeness (QED) is 0.777. The van der Waals surface area contributed by atoms with Gasteiger partial charge < -0.3 is 5.32 Å². The Bertz CT molecular complexity index is 1030. The van der Waals surface area contributed by atoms with Crippen LogP contribution in [-0.4, -0.2) is 41.5 Å². The molecule has 3 rings (SSSR count). The Balaban J connectivity index is 1.98. The second-order valence-corrected chi connectivity index (χ2v) is 9.57. The number of hydrogen-bond acceptors (Lipinski definition) is 4. The molecule has 7 nitrogen and oxygen atoms in total. The van der Waals surface area contributed by atoms with Gasteiger partial charge in [-0.2, -0.15) is 9.40 Å². The third-order valence-corrected chi connectivity index (χ3v) is 7.62. The second kappa shape index (κ2) is 8.02. The van der Waals surface area contributed by atoms with Crippen molar-refractivity contribution < 1.29 is 13.2 Å². The van der Waals surface area contributed by atoms with Crippen molar-refractivity contribution in [1.29, 1.82) is 0 Å². The summed E-state index contributed by atoms with van der Waals surface area (Å²) in [7, 11) is -2.03. The molecule has 2 aromatic rings. The summed E-state index contributed by atoms with van der Waals surface area (Å²) in [6.45, 7) is 4.48. The van der Waals surface area contributed by atoms with Gasteiger partial charge in [0, 0.05) is 20.1 Å². The van der Waals surface area contributed by atoms with Crippen molar-refractivity contribution in [2.75, 3.05) is 18.4 Å². The molecule has 0 atom stereocenters. The zero-order chi connectivity index (χ0) is 20.6. The molecule has 1 N–H and O–H groups in total. The van der Waals surface area contributed by atoms with Gasteiger partial charge in [0.15, 0.2) is 0 Å². The van der Waals surface area contributed by atoms with Crippen LogP contribution in [0.25, 0.3) is 0 Å². The summed E-state index contributed by atoms with van der Waals surface area (Å²) in [6, 6.07) is 2.56. The van der Waals surface area contributed by atoms with Crippen LogP contribution in [0, 0.1) is 13.8 Å². The number of nitrogens with zero attached hydrogens (tertiary/aromatic N) is 3. The molecule has 1 amide bonds. The van der Waals surface area contributed by atoms with E-state index in [0.29, 0.717) is 24.5 Å². The molecule has 0 radical (unpaired) electrons. The molecule has 1 saturated heterocycles. The first-order chi connectivity index (χ1) is 13.1. The second-order valence-electron chi connectivity index (χ2n) is 6.85. The summed E-state index contributed by atoms with van der Waals surface area (Å²) in [6.07, 6.45) is 2.60. The Labute approximate surface area is 174 Å². The van der Waals surface area contributed by atoms with E-state index in [1.807, 2.05) is 6.92 Å². The number of piperidine rings is 1. The molecule has 28 heavy (non-hydrogen) atoms. The van der Waals surface area contributed by atoms with E-state index in [-0.39, 0.29) is 20.5 Å². The van der Waals surface area contributed by atoms with E-state index < -0.39 is 15.9 Å². The molecule has 1 aromatic heterocycles. The first kappa shape index (κ1) is 21.1. The lowest BCUT2D eigenvalue weighted by Gasteiger charge is -2.26. The summed E-state index contributed by atoms with van der Waals surface area (Å²) >= 11 is 12.4. The molecule has 1 aliphatic heterocycles. The van der Waals surface area contributed by atoms with Crippen molar-refractivity contribution in [3.63, 3.8) is 0 Å². The predicted octanol–water partition coefficient (Wildman–Crippen LogP) is 3.77. The Morgan fingerprint density at radius 3 is 2.32 bits per heavy atom. The maximum Gasteiger partial charge on any atom is 0.257 e. The average Bonchev–Trinajstić information content (AvgIpc) is 2.88. The van der Waals surface area contributed by atoms with Gasteiger partial charge in [0.1, 0.15) is 4.90 Å². The van der Waals surface area contributed by atoms with Gasteiger partial charge >= 0.3 is 0 Å². The Kier molecular flexibility index (Phi) is 6.05. The van der Waals surface area contributed by atoms with E-state index in [0.717, 1.165) is 25.0 Å². The Hall–Kier alpha value is -1.61. The Morgan fingerprint density at radius 1 is 1.11 bits per heavy atom. The number of aryl methyl sites for hydroxylation is 2. The number of aromatic nitrogens is 2. The number of sulfonamides is 1. The highest BCUT2D eigenvalue weighted by Gasteiger charge is 2.30. The highest BCUT2D eigenvalue weighted by molar-refractivity contribution is 7.89. The van der Waals surface area contributed by atoms with Gasteiger partial charge in [0.2, 0.25) is 10.0 Å². The van der Waals surface area contributed by atoms with Crippen LogP contribution < -0.4 is 5.32 Å². The van der Waals surface area contributed by atoms with E-state index >= 15 is 0 Å². The van der Waals surface area contributed by atoms with E-state index in [4.69, 9.17) is 23.2 Å². The predicted molar refractivity (Wildman–Crippen MR) is 110 cm³/mol. The standard InChI is InChI=1S/C18H22Cl2N4O3S/c1-11-17(12(2)23(3)22-11)21-18(25)13-9-16(15(20)10-14(13)19)28(26,27)24-7-5-4-6-8-24/h9-10H,4-8H2,1-3H3,(H,21,25). The average molecular weight is 445 g/mol. The van der Waals surface area contributed by atoms with E-state index in [1.54, 1.807) is 18.7 Å². The molecule has 0 aliphatic carbocycles. The van der Waals surface area contributed by atoms with Gasteiger partial charge in [0.25, 0.3) is 5.91 Å². The summed E-state index contributed by atoms with van der Waals surface area (Å²) < 4.78 is 29.1. The summed E-state index contributed by atoms with van der Waals surface area (Å²) in [5.41, 5.74) is 2.04. The monoisotopic (exact) mass is 444 g/mol. The number of rotatable bonds is 4. The van der Waals surface area contributed by atoms with Crippen LogP contribution in [0.15, 0.2) is 17.0 Å². The number of halogens is 2. The number of amides is 1. The molecule has 152 valence electrons. The summed E-state index contributed by atoms with van der Waals surface area (Å²) in [5.74, 6) is -0.518. The van der Waals surface area contributed by atoms with Crippen molar-refractivity contribution in [3.8, 4) is 0 Å². The fraction of sp³-hybridized carbons (Fsp3) is 0.444. The van der Waals surface area contributed by atoms with Gasteiger partial charge in [-0.1, -0.05) is 29.6 Å². The maximum atomic E-state index is 13.0. The minimum atomic E-state index is -3.80. The molecular weight excluding hydrogens is 423 g/mol. The third-order valence-electron chi connectivity index (χ3n) is 4.95. The van der Waals surface area contributed by atoms with Crippen molar-refractivity contribution in [2.45, 2.75) is 38.0 Å². The van der Waals surface area contributed by atoms with Crippen molar-refractivity contribution in [3.05, 3.63) is 39.1 Å². The van der Waals surface area contributed by atoms with Crippen LogP contribution in [0.3, 0.4) is 0 Å². The molecular formula is C18H22Cl2N4O3S. The molecule has 0 bridgehead atoms. The first-order valence-electron chi connectivity index (χ1n) is 8.93. The smallest absolute Gasteiger partial charge is 0.257 e. The topological polar surface area (TPSA) is 84.3 Å². The molecule has 2 heterocycles. The number of benzene rings is 1. The summed E-state index contributed by atoms with van der Waals surface area (Å²) in [5, 5.41) is 7.12. The minimum absolute atomic E-state index is 0.000798. The fourth-order valence-corrected chi connectivity index (χ4v) is 5.63. The van der Waals surface area contributed by atoms with Gasteiger partial charge in [-0.3, -0.25) is 9.48 Å². The molecule has 0 saturated carbocycles. The van der Waals surface area contributed by atoms with Crippen LogP contribution in [0.1, 0.15) is 41.0 Å². The molecule has 1 fully saturated rings. The van der Waals surface area contributed by atoms with Crippen LogP contribution in [0.2, 0.25) is 10.0 Å². The van der Waals surface area contributed by atoms with Crippen molar-refractivity contribution >= 4 is 44.8 Å². The zero-order valence-electron chi connectivity index (χ0n) is 15.9.